The fraction of sp³-hybridized carbons (Fsp3) is 0.500. The smallest absolute Gasteiger partial charge is 0.378 e. The Morgan fingerprint density at radius 3 is 2.77 bits per heavy atom. The first-order valence-corrected chi connectivity index (χ1v) is 6.66. The minimum atomic E-state index is -4.39. The molecule has 124 valence electrons. The first-order chi connectivity index (χ1) is 9.88. The lowest BCUT2D eigenvalue weighted by Gasteiger charge is -2.25. The summed E-state index contributed by atoms with van der Waals surface area (Å²) >= 11 is 0. The monoisotopic (exact) mass is 338 g/mol. The van der Waals surface area contributed by atoms with Gasteiger partial charge in [0.05, 0.1) is 24.8 Å². The van der Waals surface area contributed by atoms with E-state index in [9.17, 15) is 18.0 Å². The van der Waals surface area contributed by atoms with Crippen LogP contribution in [0.1, 0.15) is 24.1 Å². The van der Waals surface area contributed by atoms with Crippen molar-refractivity contribution >= 4 is 18.3 Å². The highest BCUT2D eigenvalue weighted by molar-refractivity contribution is 5.85. The predicted octanol–water partition coefficient (Wildman–Crippen LogP) is 2.29. The van der Waals surface area contributed by atoms with Gasteiger partial charge >= 0.3 is 6.18 Å². The Hall–Kier alpha value is -1.31. The molecular formula is C14H18ClF3N2O2. The number of ether oxygens (including phenoxy) is 1. The highest BCUT2D eigenvalue weighted by Crippen LogP contribution is 2.30. The molecule has 22 heavy (non-hydrogen) atoms. The van der Waals surface area contributed by atoms with Crippen molar-refractivity contribution in [1.29, 1.82) is 0 Å². The number of hydrogen-bond acceptors (Lipinski definition) is 3. The molecule has 0 radical (unpaired) electrons. The minimum absolute atomic E-state index is 0. The van der Waals surface area contributed by atoms with Gasteiger partial charge in [-0.1, -0.05) is 12.1 Å². The van der Waals surface area contributed by atoms with Gasteiger partial charge in [-0.25, -0.2) is 0 Å². The van der Waals surface area contributed by atoms with Crippen molar-refractivity contribution in [3.8, 4) is 0 Å². The Balaban J connectivity index is 0.00000242. The Morgan fingerprint density at radius 2 is 2.18 bits per heavy atom. The first-order valence-electron chi connectivity index (χ1n) is 6.66. The van der Waals surface area contributed by atoms with Crippen LogP contribution >= 0.6 is 12.4 Å². The van der Waals surface area contributed by atoms with Gasteiger partial charge in [-0.2, -0.15) is 13.2 Å². The SMILES string of the molecule is CC(NC(=O)C1COCCN1)c1cccc(C(F)(F)F)c1.Cl. The molecule has 0 bridgehead atoms. The Morgan fingerprint density at radius 1 is 1.45 bits per heavy atom. The summed E-state index contributed by atoms with van der Waals surface area (Å²) in [7, 11) is 0. The fourth-order valence-corrected chi connectivity index (χ4v) is 2.12. The van der Waals surface area contributed by atoms with Crippen LogP contribution in [0.25, 0.3) is 0 Å². The number of amides is 1. The van der Waals surface area contributed by atoms with E-state index in [1.807, 2.05) is 0 Å². The molecule has 1 aromatic carbocycles. The second kappa shape index (κ2) is 7.80. The molecule has 0 aromatic heterocycles. The average Bonchev–Trinajstić information content (AvgIpc) is 2.47. The maximum Gasteiger partial charge on any atom is 0.416 e. The van der Waals surface area contributed by atoms with Crippen LogP contribution < -0.4 is 10.6 Å². The number of benzene rings is 1. The number of alkyl halides is 3. The second-order valence-corrected chi connectivity index (χ2v) is 4.94. The molecule has 0 spiro atoms. The summed E-state index contributed by atoms with van der Waals surface area (Å²) in [6.45, 7) is 3.04. The van der Waals surface area contributed by atoms with Crippen LogP contribution in [0.15, 0.2) is 24.3 Å². The van der Waals surface area contributed by atoms with Crippen LogP contribution in [0.3, 0.4) is 0 Å². The molecule has 2 N–H and O–H groups in total. The normalized spacial score (nSPS) is 19.9. The summed E-state index contributed by atoms with van der Waals surface area (Å²) in [6.07, 6.45) is -4.39. The number of hydrogen-bond donors (Lipinski definition) is 2. The van der Waals surface area contributed by atoms with E-state index in [0.29, 0.717) is 18.7 Å². The molecule has 1 saturated heterocycles. The molecule has 1 aliphatic heterocycles. The van der Waals surface area contributed by atoms with Crippen LogP contribution in [0.4, 0.5) is 13.2 Å². The molecule has 0 saturated carbocycles. The van der Waals surface area contributed by atoms with Gasteiger partial charge in [-0.15, -0.1) is 12.4 Å². The molecule has 2 atom stereocenters. The number of carbonyl (C=O) groups excluding carboxylic acids is 1. The quantitative estimate of drug-likeness (QED) is 0.889. The van der Waals surface area contributed by atoms with E-state index < -0.39 is 23.8 Å². The van der Waals surface area contributed by atoms with E-state index in [1.165, 1.54) is 6.07 Å². The number of rotatable bonds is 3. The topological polar surface area (TPSA) is 50.4 Å². The third kappa shape index (κ3) is 4.86. The van der Waals surface area contributed by atoms with Crippen molar-refractivity contribution in [1.82, 2.24) is 10.6 Å². The van der Waals surface area contributed by atoms with E-state index in [-0.39, 0.29) is 24.9 Å². The summed E-state index contributed by atoms with van der Waals surface area (Å²) in [4.78, 5) is 12.0. The largest absolute Gasteiger partial charge is 0.416 e. The number of morpholine rings is 1. The van der Waals surface area contributed by atoms with Gasteiger partial charge in [-0.05, 0) is 24.6 Å². The highest BCUT2D eigenvalue weighted by Gasteiger charge is 2.31. The summed E-state index contributed by atoms with van der Waals surface area (Å²) in [6, 6.07) is 3.98. The van der Waals surface area contributed by atoms with Gasteiger partial charge in [0.2, 0.25) is 5.91 Å². The van der Waals surface area contributed by atoms with E-state index in [1.54, 1.807) is 13.0 Å². The lowest BCUT2D eigenvalue weighted by Crippen LogP contribution is -2.51. The van der Waals surface area contributed by atoms with Crippen LogP contribution in [0.5, 0.6) is 0 Å². The van der Waals surface area contributed by atoms with E-state index in [0.717, 1.165) is 12.1 Å². The lowest BCUT2D eigenvalue weighted by molar-refractivity contribution is -0.137. The fourth-order valence-electron chi connectivity index (χ4n) is 2.12. The molecular weight excluding hydrogens is 321 g/mol. The first kappa shape index (κ1) is 18.7. The Labute approximate surface area is 132 Å². The average molecular weight is 339 g/mol. The molecule has 1 aromatic rings. The molecule has 2 rings (SSSR count). The van der Waals surface area contributed by atoms with Crippen molar-refractivity contribution < 1.29 is 22.7 Å². The van der Waals surface area contributed by atoms with E-state index in [2.05, 4.69) is 10.6 Å². The van der Waals surface area contributed by atoms with Crippen molar-refractivity contribution in [2.24, 2.45) is 0 Å². The van der Waals surface area contributed by atoms with Crippen LogP contribution in [-0.2, 0) is 15.7 Å². The Kier molecular flexibility index (Phi) is 6.65. The van der Waals surface area contributed by atoms with Gasteiger partial charge in [0.25, 0.3) is 0 Å². The van der Waals surface area contributed by atoms with Crippen molar-refractivity contribution in [2.45, 2.75) is 25.2 Å². The van der Waals surface area contributed by atoms with E-state index >= 15 is 0 Å². The summed E-state index contributed by atoms with van der Waals surface area (Å²) in [5.41, 5.74) is -0.310. The standard InChI is InChI=1S/C14H17F3N2O2.ClH/c1-9(19-13(20)12-8-21-6-5-18-12)10-3-2-4-11(7-10)14(15,16)17;/h2-4,7,9,12,18H,5-6,8H2,1H3,(H,19,20);1H. The maximum atomic E-state index is 12.7. The van der Waals surface area contributed by atoms with Gasteiger partial charge in [-0.3, -0.25) is 4.79 Å². The zero-order valence-corrected chi connectivity index (χ0v) is 12.8. The van der Waals surface area contributed by atoms with Gasteiger partial charge in [0.1, 0.15) is 6.04 Å². The number of nitrogens with one attached hydrogen (secondary N) is 2. The summed E-state index contributed by atoms with van der Waals surface area (Å²) < 4.78 is 43.2. The maximum absolute atomic E-state index is 12.7. The lowest BCUT2D eigenvalue weighted by atomic mass is 10.0. The highest BCUT2D eigenvalue weighted by atomic mass is 35.5. The van der Waals surface area contributed by atoms with Crippen LogP contribution in [-0.4, -0.2) is 31.7 Å². The molecule has 2 unspecified atom stereocenters. The van der Waals surface area contributed by atoms with Crippen molar-refractivity contribution in [2.75, 3.05) is 19.8 Å². The molecule has 0 aliphatic carbocycles. The van der Waals surface area contributed by atoms with E-state index in [4.69, 9.17) is 4.74 Å². The molecule has 1 amide bonds. The third-order valence-electron chi connectivity index (χ3n) is 3.31. The molecule has 1 heterocycles. The predicted molar refractivity (Wildman–Crippen MR) is 77.9 cm³/mol. The summed E-state index contributed by atoms with van der Waals surface area (Å²) in [5.74, 6) is -0.278. The molecule has 8 heteroatoms. The second-order valence-electron chi connectivity index (χ2n) is 4.94. The zero-order valence-electron chi connectivity index (χ0n) is 11.9. The van der Waals surface area contributed by atoms with Crippen molar-refractivity contribution in [3.63, 3.8) is 0 Å². The van der Waals surface area contributed by atoms with Gasteiger partial charge in [0, 0.05) is 6.54 Å². The Bertz CT molecular complexity index is 505. The van der Waals surface area contributed by atoms with Crippen LogP contribution in [0, 0.1) is 0 Å². The molecule has 1 fully saturated rings. The molecule has 1 aliphatic rings. The zero-order chi connectivity index (χ0) is 15.5. The third-order valence-corrected chi connectivity index (χ3v) is 3.31. The number of carbonyl (C=O) groups is 1. The summed E-state index contributed by atoms with van der Waals surface area (Å²) in [5, 5.41) is 5.69. The van der Waals surface area contributed by atoms with Gasteiger partial charge in [0.15, 0.2) is 0 Å². The van der Waals surface area contributed by atoms with Gasteiger partial charge < -0.3 is 15.4 Å². The van der Waals surface area contributed by atoms with Crippen LogP contribution in [0.2, 0.25) is 0 Å². The molecule has 4 nitrogen and oxygen atoms in total. The van der Waals surface area contributed by atoms with Crippen molar-refractivity contribution in [3.05, 3.63) is 35.4 Å². The minimum Gasteiger partial charge on any atom is -0.378 e. The number of halogens is 4.